The van der Waals surface area contributed by atoms with E-state index in [0.29, 0.717) is 0 Å². The monoisotopic (exact) mass is 388 g/mol. The number of hydrogen-bond donors (Lipinski definition) is 3. The van der Waals surface area contributed by atoms with Crippen LogP contribution in [-0.4, -0.2) is 64.6 Å². The number of carbonyl (C=O) groups is 2. The van der Waals surface area contributed by atoms with E-state index in [1.165, 1.54) is 24.3 Å². The van der Waals surface area contributed by atoms with Gasteiger partial charge in [0.05, 0.1) is 17.7 Å². The molecule has 148 valence electrons. The first-order chi connectivity index (χ1) is 13.5. The second-order valence-corrected chi connectivity index (χ2v) is 6.21. The van der Waals surface area contributed by atoms with Crippen LogP contribution < -0.4 is 0 Å². The van der Waals surface area contributed by atoms with Gasteiger partial charge in [0.2, 0.25) is 0 Å². The molecule has 0 saturated carbocycles. The van der Waals surface area contributed by atoms with E-state index in [2.05, 4.69) is 0 Å². The summed E-state index contributed by atoms with van der Waals surface area (Å²) in [5, 5.41) is 30.0. The lowest BCUT2D eigenvalue weighted by molar-refractivity contribution is -0.285. The SMILES string of the molecule is O=C(OC1C(O)OC(CO)C(O)C1OC(=O)c1ccccc1)c1ccccc1. The van der Waals surface area contributed by atoms with Crippen LogP contribution in [0.3, 0.4) is 0 Å². The lowest BCUT2D eigenvalue weighted by atomic mass is 9.98. The molecule has 1 heterocycles. The number of benzene rings is 2. The van der Waals surface area contributed by atoms with E-state index in [1.54, 1.807) is 36.4 Å². The minimum Gasteiger partial charge on any atom is -0.452 e. The van der Waals surface area contributed by atoms with E-state index in [4.69, 9.17) is 14.2 Å². The molecule has 3 rings (SSSR count). The van der Waals surface area contributed by atoms with Gasteiger partial charge in [-0.25, -0.2) is 9.59 Å². The van der Waals surface area contributed by atoms with Crippen LogP contribution in [0.5, 0.6) is 0 Å². The van der Waals surface area contributed by atoms with E-state index in [0.717, 1.165) is 0 Å². The zero-order valence-electron chi connectivity index (χ0n) is 14.8. The quantitative estimate of drug-likeness (QED) is 0.633. The second-order valence-electron chi connectivity index (χ2n) is 6.21. The number of rotatable bonds is 5. The van der Waals surface area contributed by atoms with Crippen molar-refractivity contribution >= 4 is 11.9 Å². The molecule has 0 aliphatic carbocycles. The molecule has 2 aromatic rings. The third-order valence-electron chi connectivity index (χ3n) is 4.32. The van der Waals surface area contributed by atoms with Gasteiger partial charge in [0.15, 0.2) is 18.5 Å². The first kappa shape index (κ1) is 20.0. The molecule has 8 nitrogen and oxygen atoms in total. The zero-order chi connectivity index (χ0) is 20.1. The van der Waals surface area contributed by atoms with Gasteiger partial charge in [0.25, 0.3) is 0 Å². The molecule has 1 aliphatic heterocycles. The fraction of sp³-hybridized carbons (Fsp3) is 0.300. The lowest BCUT2D eigenvalue weighted by Gasteiger charge is -2.41. The molecule has 1 saturated heterocycles. The number of carbonyl (C=O) groups excluding carboxylic acids is 2. The van der Waals surface area contributed by atoms with Gasteiger partial charge in [0, 0.05) is 0 Å². The Hall–Kier alpha value is -2.78. The van der Waals surface area contributed by atoms with Crippen molar-refractivity contribution in [3.8, 4) is 0 Å². The second kappa shape index (κ2) is 8.94. The predicted molar refractivity (Wildman–Crippen MR) is 95.3 cm³/mol. The van der Waals surface area contributed by atoms with Gasteiger partial charge in [0.1, 0.15) is 12.2 Å². The molecule has 1 aliphatic rings. The van der Waals surface area contributed by atoms with E-state index in [1.807, 2.05) is 0 Å². The molecule has 5 unspecified atom stereocenters. The van der Waals surface area contributed by atoms with Crippen LogP contribution in [0.4, 0.5) is 0 Å². The lowest BCUT2D eigenvalue weighted by Crippen LogP contribution is -2.61. The molecular formula is C20H20O8. The Balaban J connectivity index is 1.82. The topological polar surface area (TPSA) is 123 Å². The Kier molecular flexibility index (Phi) is 6.37. The molecule has 1 fully saturated rings. The van der Waals surface area contributed by atoms with Crippen molar-refractivity contribution in [1.29, 1.82) is 0 Å². The van der Waals surface area contributed by atoms with Gasteiger partial charge in [-0.05, 0) is 24.3 Å². The van der Waals surface area contributed by atoms with Gasteiger partial charge in [-0.2, -0.15) is 0 Å². The van der Waals surface area contributed by atoms with Gasteiger partial charge in [-0.3, -0.25) is 0 Å². The fourth-order valence-corrected chi connectivity index (χ4v) is 2.85. The predicted octanol–water partition coefficient (Wildman–Crippen LogP) is 0.508. The van der Waals surface area contributed by atoms with Crippen LogP contribution >= 0.6 is 0 Å². The molecule has 3 N–H and O–H groups in total. The summed E-state index contributed by atoms with van der Waals surface area (Å²) in [6.45, 7) is -0.628. The minimum absolute atomic E-state index is 0.210. The van der Waals surface area contributed by atoms with Gasteiger partial charge in [-0.15, -0.1) is 0 Å². The largest absolute Gasteiger partial charge is 0.452 e. The van der Waals surface area contributed by atoms with Crippen LogP contribution in [0.25, 0.3) is 0 Å². The smallest absolute Gasteiger partial charge is 0.338 e. The number of hydrogen-bond acceptors (Lipinski definition) is 8. The van der Waals surface area contributed by atoms with Crippen molar-refractivity contribution in [2.75, 3.05) is 6.61 Å². The summed E-state index contributed by atoms with van der Waals surface area (Å²) in [5.74, 6) is -1.57. The summed E-state index contributed by atoms with van der Waals surface area (Å²) in [7, 11) is 0. The number of aliphatic hydroxyl groups excluding tert-OH is 3. The summed E-state index contributed by atoms with van der Waals surface area (Å²) in [5.41, 5.74) is 0.422. The summed E-state index contributed by atoms with van der Waals surface area (Å²) < 4.78 is 15.7. The molecule has 5 atom stereocenters. The maximum Gasteiger partial charge on any atom is 0.338 e. The molecule has 0 bridgehead atoms. The zero-order valence-corrected chi connectivity index (χ0v) is 14.8. The van der Waals surface area contributed by atoms with Crippen LogP contribution in [0.2, 0.25) is 0 Å². The summed E-state index contributed by atoms with van der Waals surface area (Å²) >= 11 is 0. The van der Waals surface area contributed by atoms with Crippen molar-refractivity contribution in [2.24, 2.45) is 0 Å². The molecule has 28 heavy (non-hydrogen) atoms. The normalized spacial score (nSPS) is 27.0. The first-order valence-electron chi connectivity index (χ1n) is 8.65. The van der Waals surface area contributed by atoms with Crippen molar-refractivity contribution < 1.29 is 39.1 Å². The maximum atomic E-state index is 12.4. The van der Waals surface area contributed by atoms with E-state index >= 15 is 0 Å². The van der Waals surface area contributed by atoms with Crippen LogP contribution in [0.1, 0.15) is 20.7 Å². The summed E-state index contributed by atoms with van der Waals surface area (Å²) in [6, 6.07) is 16.0. The highest BCUT2D eigenvalue weighted by Gasteiger charge is 2.49. The standard InChI is InChI=1S/C20H20O8/c21-11-14-15(22)16(27-18(23)12-7-3-1-4-8-12)17(20(25)26-14)28-19(24)13-9-5-2-6-10-13/h1-10,14-17,20-22,25H,11H2. The average molecular weight is 388 g/mol. The Morgan fingerprint density at radius 3 is 1.75 bits per heavy atom. The summed E-state index contributed by atoms with van der Waals surface area (Å²) in [6.07, 6.45) is -7.37. The number of aliphatic hydroxyl groups is 3. The Labute approximate surface area is 160 Å². The maximum absolute atomic E-state index is 12.4. The molecular weight excluding hydrogens is 368 g/mol. The average Bonchev–Trinajstić information content (AvgIpc) is 2.73. The molecule has 0 spiro atoms. The third kappa shape index (κ3) is 4.37. The molecule has 2 aromatic carbocycles. The summed E-state index contributed by atoms with van der Waals surface area (Å²) in [4.78, 5) is 24.8. The number of ether oxygens (including phenoxy) is 3. The van der Waals surface area contributed by atoms with Crippen molar-refractivity contribution in [2.45, 2.75) is 30.7 Å². The van der Waals surface area contributed by atoms with Crippen molar-refractivity contribution in [1.82, 2.24) is 0 Å². The van der Waals surface area contributed by atoms with E-state index in [9.17, 15) is 24.9 Å². The third-order valence-corrected chi connectivity index (χ3v) is 4.32. The highest BCUT2D eigenvalue weighted by atomic mass is 16.7. The molecule has 0 amide bonds. The molecule has 0 aromatic heterocycles. The highest BCUT2D eigenvalue weighted by Crippen LogP contribution is 2.26. The van der Waals surface area contributed by atoms with Crippen LogP contribution in [-0.2, 0) is 14.2 Å². The van der Waals surface area contributed by atoms with E-state index < -0.39 is 49.3 Å². The van der Waals surface area contributed by atoms with Gasteiger partial charge < -0.3 is 29.5 Å². The highest BCUT2D eigenvalue weighted by molar-refractivity contribution is 5.90. The Morgan fingerprint density at radius 2 is 1.29 bits per heavy atom. The van der Waals surface area contributed by atoms with Gasteiger partial charge in [-0.1, -0.05) is 36.4 Å². The minimum atomic E-state index is -1.71. The van der Waals surface area contributed by atoms with Crippen molar-refractivity contribution in [3.05, 3.63) is 71.8 Å². The van der Waals surface area contributed by atoms with Crippen LogP contribution in [0.15, 0.2) is 60.7 Å². The molecule has 8 heteroatoms. The first-order valence-corrected chi connectivity index (χ1v) is 8.65. The number of esters is 2. The Bertz CT molecular complexity index is 794. The molecule has 0 radical (unpaired) electrons. The fourth-order valence-electron chi connectivity index (χ4n) is 2.85. The Morgan fingerprint density at radius 1 is 0.821 bits per heavy atom. The van der Waals surface area contributed by atoms with Crippen molar-refractivity contribution in [3.63, 3.8) is 0 Å². The van der Waals surface area contributed by atoms with Crippen LogP contribution in [0, 0.1) is 0 Å². The van der Waals surface area contributed by atoms with E-state index in [-0.39, 0.29) is 11.1 Å². The van der Waals surface area contributed by atoms with Gasteiger partial charge >= 0.3 is 11.9 Å².